The van der Waals surface area contributed by atoms with Gasteiger partial charge in [-0.3, -0.25) is 67.1 Å². The van der Waals surface area contributed by atoms with E-state index in [9.17, 15) is 57.5 Å². The zero-order chi connectivity index (χ0) is 73.9. The number of rotatable bonds is 22. The molecule has 3 aliphatic heterocycles. The summed E-state index contributed by atoms with van der Waals surface area (Å²) in [5.41, 5.74) is 24.3. The maximum atomic E-state index is 15.1. The van der Waals surface area contributed by atoms with Gasteiger partial charge in [0.05, 0.1) is 0 Å². The summed E-state index contributed by atoms with van der Waals surface area (Å²) in [5.74, 6) is -13.1. The molecule has 14 amide bonds. The minimum absolute atomic E-state index is 0.0357. The molecule has 0 bridgehead atoms. The van der Waals surface area contributed by atoms with Crippen molar-refractivity contribution in [1.82, 2.24) is 63.0 Å². The monoisotopic (exact) mass is 1400 g/mol. The van der Waals surface area contributed by atoms with Crippen molar-refractivity contribution in [3.8, 4) is 0 Å². The average molecular weight is 1400 g/mol. The van der Waals surface area contributed by atoms with Crippen molar-refractivity contribution in [2.24, 2.45) is 46.6 Å². The quantitative estimate of drug-likeness (QED) is 0.0654. The van der Waals surface area contributed by atoms with Crippen LogP contribution >= 0.6 is 0 Å². The molecule has 3 heterocycles. The van der Waals surface area contributed by atoms with E-state index in [1.165, 1.54) is 9.80 Å². The number of hydrogen-bond donors (Lipinski definition) is 14. The van der Waals surface area contributed by atoms with E-state index < -0.39 is 180 Å². The van der Waals surface area contributed by atoms with Gasteiger partial charge in [-0.1, -0.05) is 116 Å². The minimum atomic E-state index is -1.51. The van der Waals surface area contributed by atoms with Crippen molar-refractivity contribution in [2.75, 3.05) is 26.2 Å². The molecular formula is C70H108N16O14. The summed E-state index contributed by atoms with van der Waals surface area (Å²) in [6.45, 7) is 14.0. The highest BCUT2D eigenvalue weighted by atomic mass is 16.2. The van der Waals surface area contributed by atoms with Gasteiger partial charge in [-0.2, -0.15) is 0 Å². The van der Waals surface area contributed by atoms with Gasteiger partial charge in [0.15, 0.2) is 0 Å². The molecule has 30 nitrogen and oxygen atoms in total. The van der Waals surface area contributed by atoms with Crippen molar-refractivity contribution >= 4 is 82.7 Å². The minimum Gasteiger partial charge on any atom is -0.370 e. The molecule has 0 saturated carbocycles. The van der Waals surface area contributed by atoms with Crippen LogP contribution in [-0.4, -0.2) is 191 Å². The van der Waals surface area contributed by atoms with Crippen LogP contribution in [-0.2, 0) is 80.0 Å². The fourth-order valence-corrected chi connectivity index (χ4v) is 12.5. The molecule has 100 heavy (non-hydrogen) atoms. The average Bonchev–Trinajstić information content (AvgIpc) is 1.62. The summed E-state index contributed by atoms with van der Waals surface area (Å²) < 4.78 is 0. The number of amides is 14. The topological polar surface area (TPSA) is 470 Å². The summed E-state index contributed by atoms with van der Waals surface area (Å²) in [7, 11) is 0. The highest BCUT2D eigenvalue weighted by Gasteiger charge is 2.44. The van der Waals surface area contributed by atoms with Crippen molar-refractivity contribution in [2.45, 2.75) is 231 Å². The second-order valence-electron chi connectivity index (χ2n) is 27.8. The van der Waals surface area contributed by atoms with E-state index in [-0.39, 0.29) is 115 Å². The lowest BCUT2D eigenvalue weighted by molar-refractivity contribution is -0.143. The fourth-order valence-electron chi connectivity index (χ4n) is 12.5. The van der Waals surface area contributed by atoms with Crippen LogP contribution in [0, 0.1) is 23.7 Å². The standard InChI is InChI=1S/C70H108N16O14/c1-39(2)35-49-63(93)81-51(37-43-19-11-9-12-20-43)69(99)85-33-17-25-53(85)65(95)75-48(28-30-56(74)88)62(92)84-58(42(7)8)68(98)78-46(24-16-32-72)60(90)80-50(36-40(3)4)64(94)82-52(38-44-21-13-10-14-22-44)70(100)86-34-18-26-54(86)66(96)76-47(27-29-55(73)87)61(91)83-57(41(5)6)67(97)77-45(23-15-31-71)59(89)79-49/h9-14,19-22,39-42,45-54,57-58H,15-18,23-38,71-72H2,1-8H3,(H2,73,87)(H2,74,88)(H,75,95)(H,76,96)(H,77,97)(H,78,98)(H,79,89)(H,80,90)(H,81,93)(H,82,94)(H,83,91)(H,84,92)/t45-,46-,47+,48+,49-,50-,51+,52+,53-,54-,57-,58-/m0/s1. The SMILES string of the molecule is CC(C)C[C@@H]1NC(=O)[C@H](CCCN)NC(=O)[C@H](C(C)C)NC(=O)[C@@H](CCC(N)=O)NC(=O)[C@@H]2CCCN2C(=O)[C@@H](Cc2ccccc2)NC(=O)[C@H](CC(C)C)NC(=O)[C@H](CCCN)NC(=O)[C@H](C(C)C)NC(=O)[C@@H](CCC(N)=O)NC(=O)[C@@H]2CCCN2C(=O)[C@@H](Cc2ccccc2)NC1=O. The van der Waals surface area contributed by atoms with Crippen LogP contribution in [0.4, 0.5) is 0 Å². The lowest BCUT2D eigenvalue weighted by Gasteiger charge is -2.32. The molecule has 30 heteroatoms. The summed E-state index contributed by atoms with van der Waals surface area (Å²) in [4.78, 5) is 204. The Labute approximate surface area is 585 Å². The third-order valence-corrected chi connectivity index (χ3v) is 17.9. The van der Waals surface area contributed by atoms with Gasteiger partial charge in [0.1, 0.15) is 72.5 Å². The summed E-state index contributed by atoms with van der Waals surface area (Å²) >= 11 is 0. The smallest absolute Gasteiger partial charge is 0.246 e. The Balaban J connectivity index is 1.62. The largest absolute Gasteiger partial charge is 0.370 e. The van der Waals surface area contributed by atoms with Crippen LogP contribution in [0.5, 0.6) is 0 Å². The first-order valence-corrected chi connectivity index (χ1v) is 35.1. The first-order chi connectivity index (χ1) is 47.4. The Morgan fingerprint density at radius 2 is 0.680 bits per heavy atom. The van der Waals surface area contributed by atoms with Crippen molar-refractivity contribution in [3.63, 3.8) is 0 Å². The van der Waals surface area contributed by atoms with Crippen molar-refractivity contribution in [3.05, 3.63) is 71.8 Å². The first kappa shape index (κ1) is 81.6. The molecule has 18 N–H and O–H groups in total. The van der Waals surface area contributed by atoms with E-state index in [0.717, 1.165) is 0 Å². The Morgan fingerprint density at radius 3 is 0.990 bits per heavy atom. The number of hydrogen-bond acceptors (Lipinski definition) is 16. The van der Waals surface area contributed by atoms with Gasteiger partial charge < -0.3 is 85.9 Å². The van der Waals surface area contributed by atoms with E-state index in [1.54, 1.807) is 116 Å². The number of nitrogens with one attached hydrogen (secondary N) is 10. The van der Waals surface area contributed by atoms with Crippen molar-refractivity contribution < 1.29 is 67.1 Å². The highest BCUT2D eigenvalue weighted by Crippen LogP contribution is 2.24. The lowest BCUT2D eigenvalue weighted by atomic mass is 9.99. The van der Waals surface area contributed by atoms with E-state index >= 15 is 9.59 Å². The third-order valence-electron chi connectivity index (χ3n) is 17.9. The first-order valence-electron chi connectivity index (χ1n) is 35.1. The van der Waals surface area contributed by atoms with Gasteiger partial charge in [-0.05, 0) is 125 Å². The molecule has 12 atom stereocenters. The highest BCUT2D eigenvalue weighted by molar-refractivity contribution is 6.01. The normalized spacial score (nSPS) is 25.9. The number of benzene rings is 2. The Bertz CT molecular complexity index is 2950. The molecule has 5 rings (SSSR count). The lowest BCUT2D eigenvalue weighted by Crippen LogP contribution is -2.62. The molecule has 3 fully saturated rings. The molecule has 0 spiro atoms. The van der Waals surface area contributed by atoms with Crippen LogP contribution < -0.4 is 76.1 Å². The Hall–Kier alpha value is -9.06. The van der Waals surface area contributed by atoms with E-state index in [0.29, 0.717) is 24.0 Å². The third kappa shape index (κ3) is 25.3. The molecule has 2 aromatic carbocycles. The maximum Gasteiger partial charge on any atom is 0.246 e. The second kappa shape index (κ2) is 40.3. The van der Waals surface area contributed by atoms with Gasteiger partial charge in [0, 0.05) is 38.8 Å². The number of nitrogens with zero attached hydrogens (tertiary/aromatic N) is 2. The summed E-state index contributed by atoms with van der Waals surface area (Å²) in [6, 6.07) is 1.15. The van der Waals surface area contributed by atoms with Gasteiger partial charge in [-0.25, -0.2) is 0 Å². The molecule has 2 aromatic rings. The molecule has 552 valence electrons. The number of primary amides is 2. The Morgan fingerprint density at radius 1 is 0.390 bits per heavy atom. The fraction of sp³-hybridized carbons (Fsp3) is 0.629. The van der Waals surface area contributed by atoms with Gasteiger partial charge >= 0.3 is 0 Å². The van der Waals surface area contributed by atoms with E-state index in [4.69, 9.17) is 22.9 Å². The molecule has 0 aliphatic carbocycles. The number of carbonyl (C=O) groups excluding carboxylic acids is 14. The maximum absolute atomic E-state index is 15.1. The molecule has 0 aromatic heterocycles. The van der Waals surface area contributed by atoms with E-state index in [1.807, 2.05) is 0 Å². The zero-order valence-corrected chi connectivity index (χ0v) is 59.1. The van der Waals surface area contributed by atoms with Crippen molar-refractivity contribution in [1.29, 1.82) is 0 Å². The van der Waals surface area contributed by atoms with Crippen LogP contribution in [0.1, 0.15) is 156 Å². The molecule has 0 unspecified atom stereocenters. The number of nitrogens with two attached hydrogens (primary N) is 4. The summed E-state index contributed by atoms with van der Waals surface area (Å²) in [6.07, 6.45) is -0.383. The van der Waals surface area contributed by atoms with Gasteiger partial charge in [-0.15, -0.1) is 0 Å². The molecule has 3 aliphatic rings. The molecule has 3 saturated heterocycles. The number of fused-ring (bicyclic) bond motifs is 2. The predicted octanol–water partition coefficient (Wildman–Crippen LogP) is -1.27. The van der Waals surface area contributed by atoms with Crippen LogP contribution in [0.25, 0.3) is 0 Å². The van der Waals surface area contributed by atoms with Gasteiger partial charge in [0.2, 0.25) is 82.7 Å². The molecule has 0 radical (unpaired) electrons. The van der Waals surface area contributed by atoms with E-state index in [2.05, 4.69) is 53.2 Å². The number of carbonyl (C=O) groups is 14. The van der Waals surface area contributed by atoms with Crippen LogP contribution in [0.3, 0.4) is 0 Å². The zero-order valence-electron chi connectivity index (χ0n) is 59.1. The van der Waals surface area contributed by atoms with Crippen LogP contribution in [0.15, 0.2) is 60.7 Å². The van der Waals surface area contributed by atoms with Crippen LogP contribution in [0.2, 0.25) is 0 Å². The molecular weight excluding hydrogens is 1290 g/mol. The van der Waals surface area contributed by atoms with Gasteiger partial charge in [0.25, 0.3) is 0 Å². The summed E-state index contributed by atoms with van der Waals surface area (Å²) in [5, 5.41) is 27.5. The Kier molecular flexibility index (Phi) is 32.9. The predicted molar refractivity (Wildman–Crippen MR) is 371 cm³/mol. The second-order valence-corrected chi connectivity index (χ2v) is 27.8.